The first-order valence-electron chi connectivity index (χ1n) is 6.33. The molecule has 110 valence electrons. The van der Waals surface area contributed by atoms with Gasteiger partial charge >= 0.3 is 5.97 Å². The third-order valence-electron chi connectivity index (χ3n) is 2.68. The van der Waals surface area contributed by atoms with Crippen molar-refractivity contribution in [3.05, 3.63) is 23.8 Å². The molecule has 1 rings (SSSR count). The van der Waals surface area contributed by atoms with Crippen molar-refractivity contribution in [1.82, 2.24) is 0 Å². The third-order valence-corrected chi connectivity index (χ3v) is 3.66. The Morgan fingerprint density at radius 1 is 1.30 bits per heavy atom. The van der Waals surface area contributed by atoms with Gasteiger partial charge in [-0.3, -0.25) is 9.59 Å². The summed E-state index contributed by atoms with van der Waals surface area (Å²) in [7, 11) is 1.37. The molecule has 0 aromatic heterocycles. The van der Waals surface area contributed by atoms with Crippen LogP contribution >= 0.6 is 11.8 Å². The third kappa shape index (κ3) is 5.97. The van der Waals surface area contributed by atoms with Crippen molar-refractivity contribution in [1.29, 1.82) is 0 Å². The van der Waals surface area contributed by atoms with Crippen molar-refractivity contribution in [2.24, 2.45) is 0 Å². The van der Waals surface area contributed by atoms with Crippen LogP contribution in [-0.4, -0.2) is 30.5 Å². The van der Waals surface area contributed by atoms with Gasteiger partial charge < -0.3 is 15.8 Å². The van der Waals surface area contributed by atoms with Crippen LogP contribution in [0, 0.1) is 6.92 Å². The summed E-state index contributed by atoms with van der Waals surface area (Å²) in [4.78, 5) is 22.6. The molecule has 1 aromatic rings. The molecule has 0 aliphatic carbocycles. The van der Waals surface area contributed by atoms with Gasteiger partial charge in [0, 0.05) is 29.3 Å². The molecule has 20 heavy (non-hydrogen) atoms. The number of rotatable bonds is 7. The monoisotopic (exact) mass is 296 g/mol. The van der Waals surface area contributed by atoms with E-state index in [0.29, 0.717) is 30.0 Å². The summed E-state index contributed by atoms with van der Waals surface area (Å²) >= 11 is 1.56. The van der Waals surface area contributed by atoms with Crippen LogP contribution in [-0.2, 0) is 14.3 Å². The number of thioether (sulfide) groups is 1. The molecule has 0 fully saturated rings. The zero-order chi connectivity index (χ0) is 15.0. The van der Waals surface area contributed by atoms with Gasteiger partial charge in [0.25, 0.3) is 0 Å². The van der Waals surface area contributed by atoms with E-state index in [1.165, 1.54) is 7.11 Å². The predicted molar refractivity (Wildman–Crippen MR) is 82.8 cm³/mol. The summed E-state index contributed by atoms with van der Waals surface area (Å²) in [5.74, 6) is 1.08. The van der Waals surface area contributed by atoms with E-state index < -0.39 is 0 Å². The van der Waals surface area contributed by atoms with E-state index in [1.807, 2.05) is 13.0 Å². The minimum absolute atomic E-state index is 0.0385. The minimum Gasteiger partial charge on any atom is -0.469 e. The number of carbonyl (C=O) groups excluding carboxylic acids is 2. The maximum atomic E-state index is 11.8. The van der Waals surface area contributed by atoms with Gasteiger partial charge in [0.15, 0.2) is 0 Å². The fourth-order valence-electron chi connectivity index (χ4n) is 1.56. The van der Waals surface area contributed by atoms with Crippen LogP contribution in [0.4, 0.5) is 11.4 Å². The van der Waals surface area contributed by atoms with Gasteiger partial charge in [-0.2, -0.15) is 11.8 Å². The zero-order valence-electron chi connectivity index (χ0n) is 11.8. The van der Waals surface area contributed by atoms with Crippen LogP contribution in [0.5, 0.6) is 0 Å². The highest BCUT2D eigenvalue weighted by Gasteiger charge is 2.06. The standard InChI is InChI=1S/C14H20N2O3S/c1-10-9-11(15)3-4-12(10)16-13(17)5-7-20-8-6-14(18)19-2/h3-4,9H,5-8,15H2,1-2H3,(H,16,17). The Kier molecular flexibility index (Phi) is 6.93. The lowest BCUT2D eigenvalue weighted by Crippen LogP contribution is -2.13. The van der Waals surface area contributed by atoms with Gasteiger partial charge in [-0.15, -0.1) is 0 Å². The van der Waals surface area contributed by atoms with Crippen molar-refractivity contribution in [3.8, 4) is 0 Å². The lowest BCUT2D eigenvalue weighted by Gasteiger charge is -2.08. The fourth-order valence-corrected chi connectivity index (χ4v) is 2.41. The van der Waals surface area contributed by atoms with Crippen molar-refractivity contribution < 1.29 is 14.3 Å². The van der Waals surface area contributed by atoms with E-state index in [0.717, 1.165) is 11.3 Å². The number of benzene rings is 1. The summed E-state index contributed by atoms with van der Waals surface area (Å²) in [6, 6.07) is 5.38. The van der Waals surface area contributed by atoms with Crippen molar-refractivity contribution in [3.63, 3.8) is 0 Å². The molecule has 5 nitrogen and oxygen atoms in total. The number of aryl methyl sites for hydroxylation is 1. The molecule has 0 heterocycles. The van der Waals surface area contributed by atoms with E-state index in [2.05, 4.69) is 10.1 Å². The van der Waals surface area contributed by atoms with Gasteiger partial charge in [0.05, 0.1) is 13.5 Å². The van der Waals surface area contributed by atoms with Gasteiger partial charge in [-0.1, -0.05) is 0 Å². The smallest absolute Gasteiger partial charge is 0.306 e. The summed E-state index contributed by atoms with van der Waals surface area (Å²) < 4.78 is 4.54. The molecule has 1 aromatic carbocycles. The lowest BCUT2D eigenvalue weighted by molar-refractivity contribution is -0.140. The highest BCUT2D eigenvalue weighted by atomic mass is 32.2. The molecule has 0 bridgehead atoms. The summed E-state index contributed by atoms with van der Waals surface area (Å²) in [5.41, 5.74) is 8.06. The number of esters is 1. The quantitative estimate of drug-likeness (QED) is 0.458. The molecule has 0 radical (unpaired) electrons. The van der Waals surface area contributed by atoms with Crippen molar-refractivity contribution in [2.75, 3.05) is 29.7 Å². The van der Waals surface area contributed by atoms with Crippen LogP contribution in [0.1, 0.15) is 18.4 Å². The van der Waals surface area contributed by atoms with E-state index in [9.17, 15) is 9.59 Å². The highest BCUT2D eigenvalue weighted by Crippen LogP contribution is 2.18. The van der Waals surface area contributed by atoms with Crippen LogP contribution in [0.2, 0.25) is 0 Å². The predicted octanol–water partition coefficient (Wildman–Crippen LogP) is 2.20. The van der Waals surface area contributed by atoms with Gasteiger partial charge in [0.2, 0.25) is 5.91 Å². The van der Waals surface area contributed by atoms with Crippen LogP contribution < -0.4 is 11.1 Å². The normalized spacial score (nSPS) is 10.1. The number of nitrogen functional groups attached to an aromatic ring is 1. The molecule has 0 atom stereocenters. The second-order valence-corrected chi connectivity index (χ2v) is 5.54. The summed E-state index contributed by atoms with van der Waals surface area (Å²) in [6.07, 6.45) is 0.787. The fraction of sp³-hybridized carbons (Fsp3) is 0.429. The average Bonchev–Trinajstić information content (AvgIpc) is 2.41. The zero-order valence-corrected chi connectivity index (χ0v) is 12.6. The van der Waals surface area contributed by atoms with Gasteiger partial charge in [0.1, 0.15) is 0 Å². The largest absolute Gasteiger partial charge is 0.469 e. The second kappa shape index (κ2) is 8.47. The molecule has 0 saturated carbocycles. The van der Waals surface area contributed by atoms with E-state index in [-0.39, 0.29) is 11.9 Å². The van der Waals surface area contributed by atoms with Crippen LogP contribution in [0.15, 0.2) is 18.2 Å². The van der Waals surface area contributed by atoms with E-state index >= 15 is 0 Å². The maximum Gasteiger partial charge on any atom is 0.306 e. The second-order valence-electron chi connectivity index (χ2n) is 4.31. The first kappa shape index (κ1) is 16.4. The number of hydrogen-bond donors (Lipinski definition) is 2. The molecule has 0 aliphatic rings. The number of nitrogens with two attached hydrogens (primary N) is 1. The maximum absolute atomic E-state index is 11.8. The molecule has 3 N–H and O–H groups in total. The highest BCUT2D eigenvalue weighted by molar-refractivity contribution is 7.99. The molecule has 1 amide bonds. The molecule has 6 heteroatoms. The summed E-state index contributed by atoms with van der Waals surface area (Å²) in [6.45, 7) is 1.90. The van der Waals surface area contributed by atoms with Gasteiger partial charge in [-0.05, 0) is 30.7 Å². The van der Waals surface area contributed by atoms with Crippen LogP contribution in [0.25, 0.3) is 0 Å². The molecule has 0 saturated heterocycles. The Morgan fingerprint density at radius 3 is 2.65 bits per heavy atom. The number of hydrogen-bond acceptors (Lipinski definition) is 5. The Balaban J connectivity index is 2.25. The Morgan fingerprint density at radius 2 is 2.00 bits per heavy atom. The van der Waals surface area contributed by atoms with Crippen molar-refractivity contribution >= 4 is 35.0 Å². The average molecular weight is 296 g/mol. The SMILES string of the molecule is COC(=O)CCSCCC(=O)Nc1ccc(N)cc1C. The number of anilines is 2. The number of ether oxygens (including phenoxy) is 1. The number of amides is 1. The minimum atomic E-state index is -0.223. The number of carbonyl (C=O) groups is 2. The number of nitrogens with one attached hydrogen (secondary N) is 1. The Hall–Kier alpha value is -1.69. The van der Waals surface area contributed by atoms with Crippen LogP contribution in [0.3, 0.4) is 0 Å². The Bertz CT molecular complexity index is 477. The van der Waals surface area contributed by atoms with E-state index in [4.69, 9.17) is 5.73 Å². The molecule has 0 spiro atoms. The van der Waals surface area contributed by atoms with Crippen molar-refractivity contribution in [2.45, 2.75) is 19.8 Å². The topological polar surface area (TPSA) is 81.4 Å². The van der Waals surface area contributed by atoms with Gasteiger partial charge in [-0.25, -0.2) is 0 Å². The van der Waals surface area contributed by atoms with E-state index in [1.54, 1.807) is 23.9 Å². The molecule has 0 unspecified atom stereocenters. The number of methoxy groups -OCH3 is 1. The molecular weight excluding hydrogens is 276 g/mol. The summed E-state index contributed by atoms with van der Waals surface area (Å²) in [5, 5.41) is 2.85. The molecule has 0 aliphatic heterocycles. The first-order chi connectivity index (χ1) is 9.52. The lowest BCUT2D eigenvalue weighted by atomic mass is 10.2. The molecular formula is C14H20N2O3S. The Labute approximate surface area is 123 Å². The first-order valence-corrected chi connectivity index (χ1v) is 7.49.